The van der Waals surface area contributed by atoms with E-state index in [0.717, 1.165) is 18.9 Å². The van der Waals surface area contributed by atoms with Crippen LogP contribution in [0.3, 0.4) is 0 Å². The maximum Gasteiger partial charge on any atom is 0.315 e. The van der Waals surface area contributed by atoms with E-state index in [9.17, 15) is 4.79 Å². The van der Waals surface area contributed by atoms with Crippen LogP contribution >= 0.6 is 0 Å². The fraction of sp³-hybridized carbons (Fsp3) is 0.600. The highest BCUT2D eigenvalue weighted by Gasteiger charge is 2.17. The number of carbonyl (C=O) groups excluding carboxylic acids is 1. The molecule has 1 saturated heterocycles. The van der Waals surface area contributed by atoms with Crippen molar-refractivity contribution in [2.75, 3.05) is 13.2 Å². The van der Waals surface area contributed by atoms with Gasteiger partial charge >= 0.3 is 6.03 Å². The third-order valence-corrected chi connectivity index (χ3v) is 2.59. The molecule has 2 N–H and O–H groups in total. The van der Waals surface area contributed by atoms with E-state index in [2.05, 4.69) is 15.6 Å². The number of amides is 2. The van der Waals surface area contributed by atoms with Gasteiger partial charge in [-0.3, -0.25) is 0 Å². The van der Waals surface area contributed by atoms with E-state index in [1.165, 1.54) is 0 Å². The highest BCUT2D eigenvalue weighted by molar-refractivity contribution is 5.74. The molecule has 1 fully saturated rings. The monoisotopic (exact) mass is 224 g/mol. The molecule has 6 nitrogen and oxygen atoms in total. The van der Waals surface area contributed by atoms with Crippen LogP contribution < -0.4 is 10.6 Å². The van der Waals surface area contributed by atoms with Crippen LogP contribution in [0.25, 0.3) is 0 Å². The minimum atomic E-state index is -0.168. The number of hydrogen-bond acceptors (Lipinski definition) is 3. The number of ether oxygens (including phenoxy) is 1. The van der Waals surface area contributed by atoms with Gasteiger partial charge in [-0.1, -0.05) is 0 Å². The molecule has 1 aromatic rings. The SMILES string of the molecule is Cn1ccnc1CNC(=O)NC1CCOC1. The zero-order valence-electron chi connectivity index (χ0n) is 9.27. The van der Waals surface area contributed by atoms with Crippen molar-refractivity contribution in [2.45, 2.75) is 19.0 Å². The standard InChI is InChI=1S/C10H16N4O2/c1-14-4-3-11-9(14)6-12-10(15)13-8-2-5-16-7-8/h3-4,8H,2,5-7H2,1H3,(H2,12,13,15). The summed E-state index contributed by atoms with van der Waals surface area (Å²) < 4.78 is 7.04. The Labute approximate surface area is 94.0 Å². The predicted octanol–water partition coefficient (Wildman–Crippen LogP) is 0.00820. The van der Waals surface area contributed by atoms with Crippen molar-refractivity contribution < 1.29 is 9.53 Å². The summed E-state index contributed by atoms with van der Waals surface area (Å²) in [5, 5.41) is 5.61. The number of aryl methyl sites for hydroxylation is 1. The van der Waals surface area contributed by atoms with Crippen LogP contribution in [0.5, 0.6) is 0 Å². The van der Waals surface area contributed by atoms with E-state index in [4.69, 9.17) is 4.74 Å². The average Bonchev–Trinajstić information content (AvgIpc) is 2.87. The molecule has 2 heterocycles. The van der Waals surface area contributed by atoms with Crippen LogP contribution in [0.4, 0.5) is 4.79 Å². The van der Waals surface area contributed by atoms with Crippen molar-refractivity contribution in [2.24, 2.45) is 7.05 Å². The summed E-state index contributed by atoms with van der Waals surface area (Å²) >= 11 is 0. The molecule has 1 aliphatic heterocycles. The lowest BCUT2D eigenvalue weighted by atomic mass is 10.3. The summed E-state index contributed by atoms with van der Waals surface area (Å²) in [6.07, 6.45) is 4.44. The lowest BCUT2D eigenvalue weighted by Gasteiger charge is -2.11. The van der Waals surface area contributed by atoms with Gasteiger partial charge in [-0.15, -0.1) is 0 Å². The Kier molecular flexibility index (Phi) is 3.40. The Morgan fingerprint density at radius 2 is 2.62 bits per heavy atom. The Bertz CT molecular complexity index is 357. The maximum atomic E-state index is 11.5. The second kappa shape index (κ2) is 4.98. The van der Waals surface area contributed by atoms with Crippen LogP contribution in [-0.2, 0) is 18.3 Å². The van der Waals surface area contributed by atoms with Crippen molar-refractivity contribution in [1.29, 1.82) is 0 Å². The van der Waals surface area contributed by atoms with Crippen molar-refractivity contribution >= 4 is 6.03 Å². The van der Waals surface area contributed by atoms with E-state index in [1.807, 2.05) is 17.8 Å². The van der Waals surface area contributed by atoms with Crippen molar-refractivity contribution in [3.05, 3.63) is 18.2 Å². The van der Waals surface area contributed by atoms with Crippen LogP contribution in [0.2, 0.25) is 0 Å². The first-order valence-corrected chi connectivity index (χ1v) is 5.34. The lowest BCUT2D eigenvalue weighted by Crippen LogP contribution is -2.42. The highest BCUT2D eigenvalue weighted by Crippen LogP contribution is 2.02. The molecule has 2 rings (SSSR count). The van der Waals surface area contributed by atoms with Gasteiger partial charge in [0.2, 0.25) is 0 Å². The molecule has 1 aromatic heterocycles. The molecule has 2 amide bonds. The molecule has 6 heteroatoms. The summed E-state index contributed by atoms with van der Waals surface area (Å²) in [4.78, 5) is 15.6. The third kappa shape index (κ3) is 2.73. The molecular formula is C10H16N4O2. The molecule has 0 radical (unpaired) electrons. The van der Waals surface area contributed by atoms with Gasteiger partial charge in [0.05, 0.1) is 19.2 Å². The van der Waals surface area contributed by atoms with Crippen molar-refractivity contribution in [1.82, 2.24) is 20.2 Å². The van der Waals surface area contributed by atoms with E-state index in [-0.39, 0.29) is 12.1 Å². The fourth-order valence-corrected chi connectivity index (χ4v) is 1.61. The molecule has 88 valence electrons. The smallest absolute Gasteiger partial charge is 0.315 e. The van der Waals surface area contributed by atoms with E-state index >= 15 is 0 Å². The van der Waals surface area contributed by atoms with E-state index < -0.39 is 0 Å². The van der Waals surface area contributed by atoms with Gasteiger partial charge in [0.25, 0.3) is 0 Å². The van der Waals surface area contributed by atoms with Gasteiger partial charge in [-0.05, 0) is 6.42 Å². The largest absolute Gasteiger partial charge is 0.379 e. The number of carbonyl (C=O) groups is 1. The molecule has 16 heavy (non-hydrogen) atoms. The van der Waals surface area contributed by atoms with Gasteiger partial charge in [-0.25, -0.2) is 9.78 Å². The molecule has 0 saturated carbocycles. The van der Waals surface area contributed by atoms with Crippen molar-refractivity contribution in [3.8, 4) is 0 Å². The molecule has 0 bridgehead atoms. The van der Waals surface area contributed by atoms with Gasteiger partial charge < -0.3 is 19.9 Å². The number of nitrogens with zero attached hydrogens (tertiary/aromatic N) is 2. The van der Waals surface area contributed by atoms with Crippen LogP contribution in [-0.4, -0.2) is 34.8 Å². The predicted molar refractivity (Wildman–Crippen MR) is 57.8 cm³/mol. The Hall–Kier alpha value is -1.56. The molecule has 1 aliphatic rings. The number of aromatic nitrogens is 2. The number of nitrogens with one attached hydrogen (secondary N) is 2. The number of urea groups is 1. The molecular weight excluding hydrogens is 208 g/mol. The zero-order chi connectivity index (χ0) is 11.4. The first-order chi connectivity index (χ1) is 7.75. The quantitative estimate of drug-likeness (QED) is 0.760. The normalized spacial score (nSPS) is 19.7. The first kappa shape index (κ1) is 10.9. The minimum Gasteiger partial charge on any atom is -0.379 e. The Morgan fingerprint density at radius 1 is 1.75 bits per heavy atom. The molecule has 1 atom stereocenters. The number of hydrogen-bond donors (Lipinski definition) is 2. The third-order valence-electron chi connectivity index (χ3n) is 2.59. The van der Waals surface area contributed by atoms with Crippen LogP contribution in [0.15, 0.2) is 12.4 Å². The van der Waals surface area contributed by atoms with Gasteiger partial charge in [0, 0.05) is 26.0 Å². The molecule has 0 aromatic carbocycles. The first-order valence-electron chi connectivity index (χ1n) is 5.34. The summed E-state index contributed by atoms with van der Waals surface area (Å²) in [6.45, 7) is 1.77. The summed E-state index contributed by atoms with van der Waals surface area (Å²) in [5.41, 5.74) is 0. The van der Waals surface area contributed by atoms with E-state index in [0.29, 0.717) is 13.2 Å². The summed E-state index contributed by atoms with van der Waals surface area (Å²) in [5.74, 6) is 0.831. The van der Waals surface area contributed by atoms with Gasteiger partial charge in [0.15, 0.2) is 0 Å². The van der Waals surface area contributed by atoms with Crippen molar-refractivity contribution in [3.63, 3.8) is 0 Å². The average molecular weight is 224 g/mol. The highest BCUT2D eigenvalue weighted by atomic mass is 16.5. The molecule has 0 aliphatic carbocycles. The molecule has 0 spiro atoms. The molecule has 1 unspecified atom stereocenters. The number of imidazole rings is 1. The fourth-order valence-electron chi connectivity index (χ4n) is 1.61. The van der Waals surface area contributed by atoms with Gasteiger partial charge in [0.1, 0.15) is 5.82 Å². The van der Waals surface area contributed by atoms with Gasteiger partial charge in [-0.2, -0.15) is 0 Å². The maximum absolute atomic E-state index is 11.5. The van der Waals surface area contributed by atoms with E-state index in [1.54, 1.807) is 6.20 Å². The van der Waals surface area contributed by atoms with Crippen LogP contribution in [0, 0.1) is 0 Å². The van der Waals surface area contributed by atoms with Crippen LogP contribution in [0.1, 0.15) is 12.2 Å². The second-order valence-electron chi connectivity index (χ2n) is 3.84. The Balaban J connectivity index is 1.73. The topological polar surface area (TPSA) is 68.2 Å². The lowest BCUT2D eigenvalue weighted by molar-refractivity contribution is 0.188. The summed E-state index contributed by atoms with van der Waals surface area (Å²) in [6, 6.07) is -0.0279. The second-order valence-corrected chi connectivity index (χ2v) is 3.84. The Morgan fingerprint density at radius 3 is 3.25 bits per heavy atom. The minimum absolute atomic E-state index is 0.140. The zero-order valence-corrected chi connectivity index (χ0v) is 9.27. The number of rotatable bonds is 3. The summed E-state index contributed by atoms with van der Waals surface area (Å²) in [7, 11) is 1.90.